The van der Waals surface area contributed by atoms with Crippen molar-refractivity contribution in [2.24, 2.45) is 5.92 Å². The number of aryl methyl sites for hydroxylation is 1. The molecule has 2 aromatic carbocycles. The first-order valence-corrected chi connectivity index (χ1v) is 17.8. The second kappa shape index (κ2) is 10.6. The smallest absolute Gasteiger partial charge is 0.255 e. The van der Waals surface area contributed by atoms with Crippen molar-refractivity contribution in [3.8, 4) is 22.6 Å². The molecule has 0 spiro atoms. The van der Waals surface area contributed by atoms with E-state index < -0.39 is 13.7 Å². The van der Waals surface area contributed by atoms with E-state index in [0.717, 1.165) is 53.3 Å². The Labute approximate surface area is 232 Å². The molecule has 0 radical (unpaired) electrons. The predicted molar refractivity (Wildman–Crippen MR) is 155 cm³/mol. The number of rotatable bonds is 11. The minimum atomic E-state index is -1.16. The number of nitrogens with zero attached hydrogens (tertiary/aromatic N) is 3. The summed E-state index contributed by atoms with van der Waals surface area (Å²) in [6.07, 6.45) is 2.23. The van der Waals surface area contributed by atoms with Gasteiger partial charge in [-0.2, -0.15) is 0 Å². The number of benzene rings is 2. The molecule has 1 aliphatic heterocycles. The molecule has 1 amide bonds. The fourth-order valence-electron chi connectivity index (χ4n) is 5.68. The van der Waals surface area contributed by atoms with Gasteiger partial charge in [-0.25, -0.2) is 0 Å². The Morgan fingerprint density at radius 3 is 2.38 bits per heavy atom. The molecule has 2 atom stereocenters. The molecule has 2 heterocycles. The van der Waals surface area contributed by atoms with Crippen LogP contribution < -0.4 is 0 Å². The van der Waals surface area contributed by atoms with Gasteiger partial charge in [0.25, 0.3) is 5.91 Å². The maximum Gasteiger partial charge on any atom is 0.255 e. The van der Waals surface area contributed by atoms with Crippen LogP contribution in [0.1, 0.15) is 61.5 Å². The molecule has 3 aromatic rings. The van der Waals surface area contributed by atoms with Gasteiger partial charge in [0.15, 0.2) is 0 Å². The third-order valence-electron chi connectivity index (χ3n) is 7.97. The molecule has 1 aliphatic carbocycles. The van der Waals surface area contributed by atoms with Gasteiger partial charge in [0.2, 0.25) is 11.8 Å². The number of ether oxygens (including phenoxy) is 2. The Balaban J connectivity index is 1.37. The molecule has 1 saturated carbocycles. The first-order chi connectivity index (χ1) is 18.5. The quantitative estimate of drug-likeness (QED) is 0.145. The Kier molecular flexibility index (Phi) is 7.56. The van der Waals surface area contributed by atoms with Crippen molar-refractivity contribution in [3.63, 3.8) is 0 Å². The molecule has 8 heteroatoms. The van der Waals surface area contributed by atoms with Crippen LogP contribution in [0.15, 0.2) is 46.9 Å². The summed E-state index contributed by atoms with van der Waals surface area (Å²) in [6.45, 7) is 16.2. The molecule has 0 unspecified atom stereocenters. The van der Waals surface area contributed by atoms with Gasteiger partial charge in [0.05, 0.1) is 23.2 Å². The monoisotopic (exact) mass is 547 g/mol. The highest BCUT2D eigenvalue weighted by Gasteiger charge is 2.51. The number of fused-ring (bicyclic) bond motifs is 1. The number of aromatic nitrogens is 2. The first kappa shape index (κ1) is 27.7. The summed E-state index contributed by atoms with van der Waals surface area (Å²) in [5.74, 6) is 1.54. The van der Waals surface area contributed by atoms with Crippen LogP contribution in [0.2, 0.25) is 25.7 Å². The van der Waals surface area contributed by atoms with E-state index in [2.05, 4.69) is 67.6 Å². The van der Waals surface area contributed by atoms with Crippen LogP contribution in [0.3, 0.4) is 0 Å². The van der Waals surface area contributed by atoms with Crippen molar-refractivity contribution in [2.75, 3.05) is 13.4 Å². The van der Waals surface area contributed by atoms with Crippen LogP contribution in [0.25, 0.3) is 22.6 Å². The standard InChI is InChI=1S/C31H41N3O4Si/c1-20-25-9-8-10-26(22-11-15-24(16-12-22)29-33-32-21(2)38-29)27(25)30(35)34(20)28(23-13-14-23)31(3,4)37-19-36-17-18-39(5,6)7/h8-12,15-16,20,23,28H,13-14,17-19H2,1-7H3/t20-,28+/m0/s1. The highest BCUT2D eigenvalue weighted by molar-refractivity contribution is 6.76. The fourth-order valence-corrected chi connectivity index (χ4v) is 6.44. The second-order valence-corrected chi connectivity index (χ2v) is 18.3. The lowest BCUT2D eigenvalue weighted by atomic mass is 9.91. The van der Waals surface area contributed by atoms with Crippen molar-refractivity contribution in [1.29, 1.82) is 0 Å². The summed E-state index contributed by atoms with van der Waals surface area (Å²) in [5, 5.41) is 8.05. The number of carbonyl (C=O) groups excluding carboxylic acids is 1. The lowest BCUT2D eigenvalue weighted by molar-refractivity contribution is -0.155. The highest BCUT2D eigenvalue weighted by atomic mass is 28.3. The zero-order valence-electron chi connectivity index (χ0n) is 24.3. The van der Waals surface area contributed by atoms with E-state index in [1.165, 1.54) is 0 Å². The molecule has 208 valence electrons. The van der Waals surface area contributed by atoms with Gasteiger partial charge in [0, 0.05) is 27.2 Å². The molecule has 39 heavy (non-hydrogen) atoms. The van der Waals surface area contributed by atoms with E-state index in [1.54, 1.807) is 6.92 Å². The lowest BCUT2D eigenvalue weighted by Gasteiger charge is -2.42. The summed E-state index contributed by atoms with van der Waals surface area (Å²) < 4.78 is 17.8. The van der Waals surface area contributed by atoms with Crippen molar-refractivity contribution >= 4 is 14.0 Å². The summed E-state index contributed by atoms with van der Waals surface area (Å²) in [4.78, 5) is 16.3. The number of amides is 1. The number of hydrogen-bond acceptors (Lipinski definition) is 6. The summed E-state index contributed by atoms with van der Waals surface area (Å²) >= 11 is 0. The van der Waals surface area contributed by atoms with Gasteiger partial charge in [-0.05, 0) is 74.4 Å². The molecular formula is C31H41N3O4Si. The first-order valence-electron chi connectivity index (χ1n) is 14.0. The molecule has 7 nitrogen and oxygen atoms in total. The Morgan fingerprint density at radius 2 is 1.77 bits per heavy atom. The lowest BCUT2D eigenvalue weighted by Crippen LogP contribution is -2.53. The average molecular weight is 548 g/mol. The highest BCUT2D eigenvalue weighted by Crippen LogP contribution is 2.48. The van der Waals surface area contributed by atoms with Crippen LogP contribution in [0.5, 0.6) is 0 Å². The minimum absolute atomic E-state index is 0.0241. The van der Waals surface area contributed by atoms with Gasteiger partial charge in [-0.1, -0.05) is 50.0 Å². The Morgan fingerprint density at radius 1 is 1.08 bits per heavy atom. The van der Waals surface area contributed by atoms with E-state index in [1.807, 2.05) is 30.3 Å². The fraction of sp³-hybridized carbons (Fsp3) is 0.516. The normalized spacial score (nSPS) is 18.5. The van der Waals surface area contributed by atoms with E-state index >= 15 is 0 Å². The maximum atomic E-state index is 14.2. The van der Waals surface area contributed by atoms with Gasteiger partial charge < -0.3 is 18.8 Å². The molecule has 5 rings (SSSR count). The van der Waals surface area contributed by atoms with Gasteiger partial charge in [0.1, 0.15) is 6.79 Å². The van der Waals surface area contributed by atoms with Crippen LogP contribution in [0.4, 0.5) is 0 Å². The zero-order chi connectivity index (χ0) is 27.9. The van der Waals surface area contributed by atoms with Crippen molar-refractivity contribution < 1.29 is 18.7 Å². The zero-order valence-corrected chi connectivity index (χ0v) is 25.3. The molecule has 1 aromatic heterocycles. The third kappa shape index (κ3) is 5.88. The maximum absolute atomic E-state index is 14.2. The van der Waals surface area contributed by atoms with E-state index in [-0.39, 0.29) is 24.8 Å². The molecule has 0 saturated heterocycles. The topological polar surface area (TPSA) is 77.7 Å². The van der Waals surface area contributed by atoms with Crippen molar-refractivity contribution in [1.82, 2.24) is 15.1 Å². The Bertz CT molecular complexity index is 1320. The average Bonchev–Trinajstić information content (AvgIpc) is 3.57. The second-order valence-electron chi connectivity index (χ2n) is 12.7. The van der Waals surface area contributed by atoms with Gasteiger partial charge in [-0.3, -0.25) is 4.79 Å². The SMILES string of the molecule is Cc1nnc(-c2ccc(-c3cccc4c3C(=O)N([C@H](C3CC3)C(C)(C)OCOCC[Si](C)(C)C)[C@H]4C)cc2)o1. The molecule has 1 fully saturated rings. The predicted octanol–water partition coefficient (Wildman–Crippen LogP) is 7.11. The largest absolute Gasteiger partial charge is 0.421 e. The van der Waals surface area contributed by atoms with E-state index in [9.17, 15) is 4.79 Å². The van der Waals surface area contributed by atoms with Gasteiger partial charge in [-0.15, -0.1) is 10.2 Å². The van der Waals surface area contributed by atoms with Crippen LogP contribution >= 0.6 is 0 Å². The summed E-state index contributed by atoms with van der Waals surface area (Å²) in [6, 6.07) is 15.2. The number of hydrogen-bond donors (Lipinski definition) is 0. The summed E-state index contributed by atoms with van der Waals surface area (Å²) in [7, 11) is -1.16. The van der Waals surface area contributed by atoms with E-state index in [4.69, 9.17) is 13.9 Å². The number of carbonyl (C=O) groups is 1. The Hall–Kier alpha value is -2.81. The molecule has 0 bridgehead atoms. The van der Waals surface area contributed by atoms with Crippen molar-refractivity contribution in [3.05, 3.63) is 59.5 Å². The van der Waals surface area contributed by atoms with Crippen molar-refractivity contribution in [2.45, 2.75) is 83.9 Å². The van der Waals surface area contributed by atoms with Crippen LogP contribution in [0, 0.1) is 12.8 Å². The van der Waals surface area contributed by atoms with Gasteiger partial charge >= 0.3 is 0 Å². The summed E-state index contributed by atoms with van der Waals surface area (Å²) in [5.41, 5.74) is 4.12. The molecule has 0 N–H and O–H groups in total. The molecule has 2 aliphatic rings. The van der Waals surface area contributed by atoms with E-state index in [0.29, 0.717) is 17.7 Å². The van der Waals surface area contributed by atoms with Crippen LogP contribution in [-0.2, 0) is 9.47 Å². The molecular weight excluding hydrogens is 506 g/mol. The minimum Gasteiger partial charge on any atom is -0.421 e. The van der Waals surface area contributed by atoms with Crippen LogP contribution in [-0.4, -0.2) is 54.1 Å². The third-order valence-corrected chi connectivity index (χ3v) is 9.68.